The number of anilines is 1. The molecule has 39 heavy (non-hydrogen) atoms. The zero-order valence-electron chi connectivity index (χ0n) is 22.7. The molecule has 0 saturated carbocycles. The molecule has 212 valence electrons. The van der Waals surface area contributed by atoms with Crippen LogP contribution in [0.3, 0.4) is 0 Å². The van der Waals surface area contributed by atoms with Crippen LogP contribution in [0, 0.1) is 0 Å². The van der Waals surface area contributed by atoms with E-state index in [2.05, 4.69) is 36.2 Å². The molecule has 0 bridgehead atoms. The number of esters is 1. The number of thiazole rings is 1. The van der Waals surface area contributed by atoms with E-state index in [0.29, 0.717) is 0 Å². The topological polar surface area (TPSA) is 188 Å². The summed E-state index contributed by atoms with van der Waals surface area (Å²) in [6.07, 6.45) is 0.948. The van der Waals surface area contributed by atoms with E-state index in [1.807, 2.05) is 0 Å². The van der Waals surface area contributed by atoms with E-state index < -0.39 is 53.3 Å². The quantitative estimate of drug-likeness (QED) is 0.173. The summed E-state index contributed by atoms with van der Waals surface area (Å²) in [5.41, 5.74) is -1.77. The maximum absolute atomic E-state index is 13.3. The van der Waals surface area contributed by atoms with Gasteiger partial charge in [-0.25, -0.2) is 19.6 Å². The number of oxime groups is 1. The van der Waals surface area contributed by atoms with Crippen molar-refractivity contribution >= 4 is 46.1 Å². The van der Waals surface area contributed by atoms with Crippen LogP contribution in [-0.2, 0) is 35.2 Å². The molecule has 0 spiro atoms. The van der Waals surface area contributed by atoms with E-state index in [4.69, 9.17) is 14.3 Å². The molecule has 0 aliphatic carbocycles. The lowest BCUT2D eigenvalue weighted by atomic mass is 9.98. The molecule has 15 nitrogen and oxygen atoms in total. The number of aromatic nitrogens is 4. The van der Waals surface area contributed by atoms with Crippen molar-refractivity contribution in [1.29, 1.82) is 0 Å². The number of ether oxygens (including phenoxy) is 2. The molecule has 0 unspecified atom stereocenters. The van der Waals surface area contributed by atoms with Crippen LogP contribution in [0.1, 0.15) is 54.2 Å². The fraction of sp³-hybridized carbons (Fsp3) is 0.565. The van der Waals surface area contributed by atoms with E-state index >= 15 is 0 Å². The number of β-lactam (4-membered cyclic amide) rings is 1. The summed E-state index contributed by atoms with van der Waals surface area (Å²) >= 11 is 1.01. The first-order valence-electron chi connectivity index (χ1n) is 12.0. The number of nitrogens with one attached hydrogen (secondary N) is 3. The Bertz CT molecular complexity index is 1230. The van der Waals surface area contributed by atoms with Crippen molar-refractivity contribution in [2.75, 3.05) is 5.32 Å². The van der Waals surface area contributed by atoms with Gasteiger partial charge in [-0.3, -0.25) is 19.6 Å². The second kappa shape index (κ2) is 11.8. The van der Waals surface area contributed by atoms with Crippen LogP contribution in [0.4, 0.5) is 9.93 Å². The van der Waals surface area contributed by atoms with Gasteiger partial charge in [0.05, 0.1) is 12.6 Å². The maximum Gasteiger partial charge on any atom is 0.413 e. The molecule has 1 saturated heterocycles. The summed E-state index contributed by atoms with van der Waals surface area (Å²) in [4.78, 5) is 63.3. The summed E-state index contributed by atoms with van der Waals surface area (Å²) in [5.74, 6) is -1.88. The van der Waals surface area contributed by atoms with Gasteiger partial charge in [0, 0.05) is 5.38 Å². The fourth-order valence-electron chi connectivity index (χ4n) is 3.09. The highest BCUT2D eigenvalue weighted by Gasteiger charge is 2.41. The molecule has 3 amide bonds. The molecule has 16 heteroatoms. The van der Waals surface area contributed by atoms with Crippen molar-refractivity contribution in [3.8, 4) is 0 Å². The van der Waals surface area contributed by atoms with Gasteiger partial charge in [0.2, 0.25) is 12.0 Å². The monoisotopic (exact) mass is 564 g/mol. The predicted molar refractivity (Wildman–Crippen MR) is 139 cm³/mol. The number of rotatable bonds is 9. The summed E-state index contributed by atoms with van der Waals surface area (Å²) in [5, 5.41) is 17.3. The van der Waals surface area contributed by atoms with E-state index in [0.717, 1.165) is 11.3 Å². The Hall–Kier alpha value is -4.08. The number of carbonyl (C=O) groups is 4. The van der Waals surface area contributed by atoms with Crippen molar-refractivity contribution in [1.82, 2.24) is 30.4 Å². The highest BCUT2D eigenvalue weighted by atomic mass is 32.1. The van der Waals surface area contributed by atoms with Crippen molar-refractivity contribution in [2.24, 2.45) is 5.16 Å². The van der Waals surface area contributed by atoms with Gasteiger partial charge in [0.25, 0.3) is 5.91 Å². The van der Waals surface area contributed by atoms with E-state index in [9.17, 15) is 19.2 Å². The molecule has 2 aromatic rings. The highest BCUT2D eigenvalue weighted by molar-refractivity contribution is 7.14. The van der Waals surface area contributed by atoms with E-state index in [-0.39, 0.29) is 23.1 Å². The fourth-order valence-corrected chi connectivity index (χ4v) is 3.77. The van der Waals surface area contributed by atoms with Crippen LogP contribution in [-0.4, -0.2) is 78.7 Å². The van der Waals surface area contributed by atoms with E-state index in [1.54, 1.807) is 41.5 Å². The van der Waals surface area contributed by atoms with Crippen LogP contribution >= 0.6 is 11.3 Å². The summed E-state index contributed by atoms with van der Waals surface area (Å²) in [6.45, 7) is 11.9. The first-order chi connectivity index (χ1) is 18.1. The lowest BCUT2D eigenvalue weighted by Crippen LogP contribution is -2.70. The Morgan fingerprint density at radius 3 is 2.46 bits per heavy atom. The summed E-state index contributed by atoms with van der Waals surface area (Å²) < 4.78 is 12.0. The molecular weight excluding hydrogens is 532 g/mol. The zero-order chi connectivity index (χ0) is 29.0. The smallest absolute Gasteiger partial charge is 0.413 e. The molecule has 1 aliphatic rings. The minimum Gasteiger partial charge on any atom is -0.457 e. The predicted octanol–water partition coefficient (Wildman–Crippen LogP) is 1.22. The lowest BCUT2D eigenvalue weighted by Gasteiger charge is -2.36. The Morgan fingerprint density at radius 2 is 1.87 bits per heavy atom. The SMILES string of the molecule is C[C@H](O/N=C(\C(=O)N[C@@H]1C(=O)N[C@@H]1Cn1cncn1)c1csc(NC(=O)OC(C)(C)C)n1)C(=O)OC(C)(C)C. The number of amides is 3. The van der Waals surface area contributed by atoms with Gasteiger partial charge >= 0.3 is 12.1 Å². The lowest BCUT2D eigenvalue weighted by molar-refractivity contribution is -0.167. The normalized spacial score (nSPS) is 18.3. The number of nitrogens with zero attached hydrogens (tertiary/aromatic N) is 5. The molecule has 3 heterocycles. The van der Waals surface area contributed by atoms with Crippen molar-refractivity contribution in [3.63, 3.8) is 0 Å². The van der Waals surface area contributed by atoms with Crippen LogP contribution in [0.15, 0.2) is 23.2 Å². The molecule has 3 rings (SSSR count). The molecule has 3 N–H and O–H groups in total. The van der Waals surface area contributed by atoms with E-state index in [1.165, 1.54) is 29.6 Å². The molecular formula is C23H32N8O7S. The standard InChI is InChI=1S/C23H32N8O7S/c1-12(19(34)36-22(2,3)4)38-30-16(14-9-39-20(27-14)29-21(35)37-23(5,6)7)18(33)28-15-13(26-17(15)32)8-31-11-24-10-25-31/h9-13,15H,8H2,1-7H3,(H,26,32)(H,28,33)(H,27,29,35)/b30-16-/t12-,13+,15-/m0/s1. The molecule has 0 aromatic carbocycles. The number of hydrogen-bond donors (Lipinski definition) is 3. The van der Waals surface area contributed by atoms with Crippen LogP contribution < -0.4 is 16.0 Å². The van der Waals surface area contributed by atoms with Crippen molar-refractivity contribution in [3.05, 3.63) is 23.7 Å². The Balaban J connectivity index is 1.78. The van der Waals surface area contributed by atoms with Gasteiger partial charge in [-0.1, -0.05) is 5.16 Å². The van der Waals surface area contributed by atoms with Crippen LogP contribution in [0.2, 0.25) is 0 Å². The van der Waals surface area contributed by atoms with Crippen LogP contribution in [0.5, 0.6) is 0 Å². The third-order valence-corrected chi connectivity index (χ3v) is 5.52. The van der Waals surface area contributed by atoms with Gasteiger partial charge in [0.1, 0.15) is 35.6 Å². The van der Waals surface area contributed by atoms with Gasteiger partial charge in [-0.2, -0.15) is 5.10 Å². The Kier molecular flexibility index (Phi) is 8.88. The van der Waals surface area contributed by atoms with Gasteiger partial charge < -0.3 is 24.9 Å². The highest BCUT2D eigenvalue weighted by Crippen LogP contribution is 2.19. The molecule has 1 aliphatic heterocycles. The Labute approximate surface area is 228 Å². The number of hydrogen-bond acceptors (Lipinski definition) is 12. The first-order valence-corrected chi connectivity index (χ1v) is 12.9. The summed E-state index contributed by atoms with van der Waals surface area (Å²) in [7, 11) is 0. The zero-order valence-corrected chi connectivity index (χ0v) is 23.5. The molecule has 0 radical (unpaired) electrons. The minimum atomic E-state index is -1.16. The second-order valence-electron chi connectivity index (χ2n) is 10.6. The molecule has 1 fully saturated rings. The van der Waals surface area contributed by atoms with Crippen LogP contribution in [0.25, 0.3) is 0 Å². The largest absolute Gasteiger partial charge is 0.457 e. The van der Waals surface area contributed by atoms with Gasteiger partial charge in [0.15, 0.2) is 10.8 Å². The van der Waals surface area contributed by atoms with Gasteiger partial charge in [-0.05, 0) is 48.5 Å². The molecule has 2 aromatic heterocycles. The average molecular weight is 565 g/mol. The van der Waals surface area contributed by atoms with Crippen molar-refractivity contribution < 1.29 is 33.5 Å². The number of carbonyl (C=O) groups excluding carboxylic acids is 4. The minimum absolute atomic E-state index is 0.0347. The van der Waals surface area contributed by atoms with Crippen molar-refractivity contribution in [2.45, 2.75) is 84.4 Å². The maximum atomic E-state index is 13.3. The third kappa shape index (κ3) is 8.73. The van der Waals surface area contributed by atoms with Gasteiger partial charge in [-0.15, -0.1) is 11.3 Å². The Morgan fingerprint density at radius 1 is 1.18 bits per heavy atom. The first kappa shape index (κ1) is 29.5. The molecule has 3 atom stereocenters. The third-order valence-electron chi connectivity index (χ3n) is 4.76. The second-order valence-corrected chi connectivity index (χ2v) is 11.4. The average Bonchev–Trinajstić information content (AvgIpc) is 3.47. The summed E-state index contributed by atoms with van der Waals surface area (Å²) in [6, 6.07) is -1.35.